The van der Waals surface area contributed by atoms with Crippen molar-refractivity contribution in [2.45, 2.75) is 12.1 Å². The standard InChI is InChI=1S/C25H22BrN5O2S/c1-17-3-7-19(8-4-17)24-29-30-25(31(24)21-11-13-22(33-2)14-12-21)34-16-23(32)28-27-15-18-5-9-20(26)10-6-18/h3-15H,16H2,1-2H3,(H,28,32). The van der Waals surface area contributed by atoms with Crippen LogP contribution < -0.4 is 10.2 Å². The van der Waals surface area contributed by atoms with Gasteiger partial charge in [-0.3, -0.25) is 9.36 Å². The summed E-state index contributed by atoms with van der Waals surface area (Å²) in [7, 11) is 1.63. The number of carbonyl (C=O) groups excluding carboxylic acids is 1. The molecule has 34 heavy (non-hydrogen) atoms. The predicted molar refractivity (Wildman–Crippen MR) is 139 cm³/mol. The van der Waals surface area contributed by atoms with Gasteiger partial charge in [0, 0.05) is 15.7 Å². The summed E-state index contributed by atoms with van der Waals surface area (Å²) in [5.74, 6) is 1.35. The Kier molecular flexibility index (Phi) is 7.76. The van der Waals surface area contributed by atoms with Crippen LogP contribution in [0.25, 0.3) is 17.1 Å². The number of amides is 1. The Bertz CT molecular complexity index is 1290. The average Bonchev–Trinajstić information content (AvgIpc) is 3.28. The van der Waals surface area contributed by atoms with Crippen molar-refractivity contribution < 1.29 is 9.53 Å². The molecule has 4 rings (SSSR count). The maximum Gasteiger partial charge on any atom is 0.250 e. The molecule has 172 valence electrons. The lowest BCUT2D eigenvalue weighted by Crippen LogP contribution is -2.20. The van der Waals surface area contributed by atoms with Crippen LogP contribution in [0, 0.1) is 6.92 Å². The van der Waals surface area contributed by atoms with Gasteiger partial charge in [0.2, 0.25) is 0 Å². The van der Waals surface area contributed by atoms with E-state index in [1.807, 2.05) is 84.3 Å². The summed E-state index contributed by atoms with van der Waals surface area (Å²) in [4.78, 5) is 12.4. The number of methoxy groups -OCH3 is 1. The van der Waals surface area contributed by atoms with Crippen molar-refractivity contribution in [3.05, 3.63) is 88.4 Å². The lowest BCUT2D eigenvalue weighted by molar-refractivity contribution is -0.118. The number of hydrogen-bond acceptors (Lipinski definition) is 6. The topological polar surface area (TPSA) is 81.4 Å². The Morgan fingerprint density at radius 3 is 2.44 bits per heavy atom. The molecular weight excluding hydrogens is 514 g/mol. The Balaban J connectivity index is 1.52. The number of hydrazone groups is 1. The van der Waals surface area contributed by atoms with Crippen molar-refractivity contribution in [2.75, 3.05) is 12.9 Å². The second kappa shape index (κ2) is 11.1. The smallest absolute Gasteiger partial charge is 0.250 e. The van der Waals surface area contributed by atoms with Crippen LogP contribution in [0.3, 0.4) is 0 Å². The first-order valence-electron chi connectivity index (χ1n) is 10.4. The number of aromatic nitrogens is 3. The van der Waals surface area contributed by atoms with Crippen molar-refractivity contribution in [2.24, 2.45) is 5.10 Å². The summed E-state index contributed by atoms with van der Waals surface area (Å²) in [5, 5.41) is 13.4. The molecule has 4 aromatic rings. The first-order chi connectivity index (χ1) is 16.5. The Morgan fingerprint density at radius 2 is 1.76 bits per heavy atom. The summed E-state index contributed by atoms with van der Waals surface area (Å²) < 4.78 is 8.20. The van der Waals surface area contributed by atoms with Gasteiger partial charge < -0.3 is 4.74 Å². The fourth-order valence-corrected chi connectivity index (χ4v) is 4.12. The van der Waals surface area contributed by atoms with E-state index in [4.69, 9.17) is 4.74 Å². The number of halogens is 1. The van der Waals surface area contributed by atoms with Crippen molar-refractivity contribution >= 4 is 39.8 Å². The number of nitrogens with one attached hydrogen (secondary N) is 1. The normalized spacial score (nSPS) is 11.0. The van der Waals surface area contributed by atoms with E-state index < -0.39 is 0 Å². The van der Waals surface area contributed by atoms with Crippen molar-refractivity contribution in [3.8, 4) is 22.8 Å². The fraction of sp³-hybridized carbons (Fsp3) is 0.120. The summed E-state index contributed by atoms with van der Waals surface area (Å²) in [6.45, 7) is 2.04. The molecule has 0 fully saturated rings. The van der Waals surface area contributed by atoms with Gasteiger partial charge in [-0.15, -0.1) is 10.2 Å². The largest absolute Gasteiger partial charge is 0.497 e. The zero-order chi connectivity index (χ0) is 23.9. The Hall–Kier alpha value is -3.43. The zero-order valence-electron chi connectivity index (χ0n) is 18.6. The van der Waals surface area contributed by atoms with Gasteiger partial charge in [0.15, 0.2) is 11.0 Å². The third-order valence-corrected chi connectivity index (χ3v) is 6.34. The highest BCUT2D eigenvalue weighted by Crippen LogP contribution is 2.29. The zero-order valence-corrected chi connectivity index (χ0v) is 21.0. The molecule has 1 amide bonds. The molecule has 0 bridgehead atoms. The van der Waals surface area contributed by atoms with E-state index in [2.05, 4.69) is 36.7 Å². The van der Waals surface area contributed by atoms with Crippen molar-refractivity contribution in [3.63, 3.8) is 0 Å². The van der Waals surface area contributed by atoms with Crippen LogP contribution in [-0.4, -0.2) is 39.7 Å². The van der Waals surface area contributed by atoms with Crippen LogP contribution in [0.4, 0.5) is 0 Å². The third kappa shape index (κ3) is 5.92. The number of ether oxygens (including phenoxy) is 1. The molecule has 0 aliphatic rings. The third-order valence-electron chi connectivity index (χ3n) is 4.88. The minimum atomic E-state index is -0.237. The number of hydrogen-bond donors (Lipinski definition) is 1. The Labute approximate surface area is 210 Å². The first kappa shape index (κ1) is 23.7. The molecule has 0 spiro atoms. The summed E-state index contributed by atoms with van der Waals surface area (Å²) in [6, 6.07) is 23.4. The molecule has 0 atom stereocenters. The minimum absolute atomic E-state index is 0.139. The van der Waals surface area contributed by atoms with Gasteiger partial charge in [0.25, 0.3) is 5.91 Å². The highest BCUT2D eigenvalue weighted by molar-refractivity contribution is 9.10. The second-order valence-corrected chi connectivity index (χ2v) is 9.20. The van der Waals surface area contributed by atoms with Gasteiger partial charge in [0.1, 0.15) is 5.75 Å². The molecule has 0 radical (unpaired) electrons. The Morgan fingerprint density at radius 1 is 1.06 bits per heavy atom. The SMILES string of the molecule is COc1ccc(-n2c(SCC(=O)NN=Cc3ccc(Br)cc3)nnc2-c2ccc(C)cc2)cc1. The van der Waals surface area contributed by atoms with Gasteiger partial charge in [-0.1, -0.05) is 69.7 Å². The summed E-state index contributed by atoms with van der Waals surface area (Å²) >= 11 is 4.69. The van der Waals surface area contributed by atoms with E-state index in [1.54, 1.807) is 13.3 Å². The fourth-order valence-electron chi connectivity index (χ4n) is 3.11. The molecule has 1 heterocycles. The van der Waals surface area contributed by atoms with E-state index in [0.29, 0.717) is 11.0 Å². The molecule has 1 aromatic heterocycles. The van der Waals surface area contributed by atoms with E-state index in [1.165, 1.54) is 11.8 Å². The minimum Gasteiger partial charge on any atom is -0.497 e. The number of carbonyl (C=O) groups is 1. The molecule has 0 saturated heterocycles. The van der Waals surface area contributed by atoms with Gasteiger partial charge in [-0.2, -0.15) is 5.10 Å². The van der Waals surface area contributed by atoms with Crippen LogP contribution in [0.1, 0.15) is 11.1 Å². The number of thioether (sulfide) groups is 1. The lowest BCUT2D eigenvalue weighted by atomic mass is 10.1. The molecule has 0 aliphatic heterocycles. The maximum atomic E-state index is 12.4. The van der Waals surface area contributed by atoms with Gasteiger partial charge in [-0.05, 0) is 48.9 Å². The van der Waals surface area contributed by atoms with E-state index >= 15 is 0 Å². The van der Waals surface area contributed by atoms with Gasteiger partial charge in [0.05, 0.1) is 19.1 Å². The molecule has 9 heteroatoms. The molecule has 3 aromatic carbocycles. The predicted octanol–water partition coefficient (Wildman–Crippen LogP) is 5.26. The van der Waals surface area contributed by atoms with Crippen LogP contribution in [0.5, 0.6) is 5.75 Å². The monoisotopic (exact) mass is 535 g/mol. The average molecular weight is 536 g/mol. The highest BCUT2D eigenvalue weighted by Gasteiger charge is 2.17. The van der Waals surface area contributed by atoms with Crippen LogP contribution in [0.2, 0.25) is 0 Å². The van der Waals surface area contributed by atoms with E-state index in [9.17, 15) is 4.79 Å². The quantitative estimate of drug-likeness (QED) is 0.189. The lowest BCUT2D eigenvalue weighted by Gasteiger charge is -2.11. The van der Waals surface area contributed by atoms with Crippen LogP contribution in [-0.2, 0) is 4.79 Å². The number of rotatable bonds is 8. The van der Waals surface area contributed by atoms with Gasteiger partial charge in [-0.25, -0.2) is 5.43 Å². The van der Waals surface area contributed by atoms with E-state index in [-0.39, 0.29) is 11.7 Å². The molecule has 7 nitrogen and oxygen atoms in total. The highest BCUT2D eigenvalue weighted by atomic mass is 79.9. The number of aryl methyl sites for hydroxylation is 1. The number of nitrogens with zero attached hydrogens (tertiary/aromatic N) is 4. The molecule has 0 aliphatic carbocycles. The molecule has 0 saturated carbocycles. The molecular formula is C25H22BrN5O2S. The summed E-state index contributed by atoms with van der Waals surface area (Å²) in [6.07, 6.45) is 1.60. The van der Waals surface area contributed by atoms with Crippen LogP contribution >= 0.6 is 27.7 Å². The first-order valence-corrected chi connectivity index (χ1v) is 12.2. The number of benzene rings is 3. The van der Waals surface area contributed by atoms with Gasteiger partial charge >= 0.3 is 0 Å². The second-order valence-electron chi connectivity index (χ2n) is 7.34. The maximum absolute atomic E-state index is 12.4. The van der Waals surface area contributed by atoms with Crippen molar-refractivity contribution in [1.29, 1.82) is 0 Å². The molecule has 0 unspecified atom stereocenters. The van der Waals surface area contributed by atoms with Crippen molar-refractivity contribution in [1.82, 2.24) is 20.2 Å². The molecule has 1 N–H and O–H groups in total. The summed E-state index contributed by atoms with van der Waals surface area (Å²) in [5.41, 5.74) is 6.41. The van der Waals surface area contributed by atoms with E-state index in [0.717, 1.165) is 32.6 Å². The van der Waals surface area contributed by atoms with Crippen LogP contribution in [0.15, 0.2) is 87.5 Å².